The summed E-state index contributed by atoms with van der Waals surface area (Å²) in [7, 11) is 0. The minimum absolute atomic E-state index is 0.0742. The molecule has 0 bridgehead atoms. The molecule has 0 amide bonds. The molecule has 8 aromatic carbocycles. The van der Waals surface area contributed by atoms with Crippen molar-refractivity contribution in [3.05, 3.63) is 188 Å². The van der Waals surface area contributed by atoms with Crippen molar-refractivity contribution in [1.29, 1.82) is 0 Å². The molecule has 0 aliphatic carbocycles. The van der Waals surface area contributed by atoms with Crippen LogP contribution in [0.15, 0.2) is 192 Å². The highest BCUT2D eigenvalue weighted by atomic mass is 16.3. The fourth-order valence-corrected chi connectivity index (χ4v) is 8.24. The molecule has 4 aromatic heterocycles. The van der Waals surface area contributed by atoms with Gasteiger partial charge in [0.2, 0.25) is 5.95 Å². The molecule has 266 valence electrons. The molecule has 0 aliphatic heterocycles. The summed E-state index contributed by atoms with van der Waals surface area (Å²) in [6.45, 7) is 0. The van der Waals surface area contributed by atoms with Gasteiger partial charge in [-0.2, -0.15) is 9.97 Å². The van der Waals surface area contributed by atoms with Gasteiger partial charge in [-0.05, 0) is 48.0 Å². The number of rotatable bonds is 5. The van der Waals surface area contributed by atoms with E-state index in [9.17, 15) is 2.74 Å². The lowest BCUT2D eigenvalue weighted by atomic mass is 9.99. The van der Waals surface area contributed by atoms with E-state index in [-0.39, 0.29) is 58.1 Å². The van der Waals surface area contributed by atoms with Crippen LogP contribution < -0.4 is 0 Å². The van der Waals surface area contributed by atoms with Crippen LogP contribution >= 0.6 is 0 Å². The molecule has 0 unspecified atom stereocenters. The summed E-state index contributed by atoms with van der Waals surface area (Å²) in [4.78, 5) is 15.6. The largest absolute Gasteiger partial charge is 0.455 e. The van der Waals surface area contributed by atoms with Crippen molar-refractivity contribution in [1.82, 2.24) is 24.1 Å². The van der Waals surface area contributed by atoms with Crippen molar-refractivity contribution in [2.75, 3.05) is 0 Å². The number of benzene rings is 8. The lowest BCUT2D eigenvalue weighted by Crippen LogP contribution is -2.08. The van der Waals surface area contributed by atoms with Crippen LogP contribution in [0.4, 0.5) is 0 Å². The lowest BCUT2D eigenvalue weighted by molar-refractivity contribution is 0.670. The second-order valence-corrected chi connectivity index (χ2v) is 13.9. The van der Waals surface area contributed by atoms with Gasteiger partial charge in [-0.3, -0.25) is 4.57 Å². The third kappa shape index (κ3) is 4.81. The van der Waals surface area contributed by atoms with E-state index in [1.54, 1.807) is 4.57 Å². The zero-order valence-electron chi connectivity index (χ0n) is 36.1. The number of hydrogen-bond acceptors (Lipinski definition) is 4. The van der Waals surface area contributed by atoms with Gasteiger partial charge in [0.05, 0.1) is 36.0 Å². The van der Waals surface area contributed by atoms with Crippen molar-refractivity contribution < 1.29 is 12.6 Å². The summed E-state index contributed by atoms with van der Waals surface area (Å²) in [5.74, 6) is 1.09. The van der Waals surface area contributed by atoms with Crippen molar-refractivity contribution in [2.45, 2.75) is 0 Å². The van der Waals surface area contributed by atoms with Crippen LogP contribution in [-0.4, -0.2) is 24.1 Å². The topological polar surface area (TPSA) is 61.7 Å². The van der Waals surface area contributed by atoms with Crippen LogP contribution in [0.2, 0.25) is 0 Å². The molecule has 6 nitrogen and oxygen atoms in total. The summed E-state index contributed by atoms with van der Waals surface area (Å²) in [6, 6.07) is 47.3. The Hall–Kier alpha value is -7.83. The first kappa shape index (κ1) is 26.1. The maximum Gasteiger partial charge on any atom is 0.238 e. The molecule has 12 rings (SSSR count). The number of para-hydroxylation sites is 6. The van der Waals surface area contributed by atoms with Crippen LogP contribution in [0.25, 0.3) is 111 Å². The fourth-order valence-electron chi connectivity index (χ4n) is 8.24. The minimum Gasteiger partial charge on any atom is -0.455 e. The van der Waals surface area contributed by atoms with E-state index in [0.717, 1.165) is 54.9 Å². The van der Waals surface area contributed by atoms with E-state index in [0.29, 0.717) is 34.4 Å². The summed E-state index contributed by atoms with van der Waals surface area (Å²) in [5.41, 5.74) is 6.97. The van der Waals surface area contributed by atoms with E-state index < -0.39 is 0 Å². The van der Waals surface area contributed by atoms with E-state index in [1.807, 2.05) is 132 Å². The van der Waals surface area contributed by atoms with Crippen molar-refractivity contribution >= 4 is 65.6 Å². The molecule has 0 radical (unpaired) electrons. The standard InChI is InChI=1S/C51H31N5O/c1-2-15-32(16-3-1)49-52-50(54-51(53-49)56-44-26-11-6-19-37(44)38-20-7-12-27-45(38)56)41-30-29-33(34-22-14-23-40-39-21-8-13-28-47(39)57-48(34)40)31-46(41)55-42-24-9-4-17-35(42)36-18-5-10-25-43(36)55/h1-31H/i4D,5D,17D,18D,24D,25D. The zero-order valence-corrected chi connectivity index (χ0v) is 30.1. The van der Waals surface area contributed by atoms with Crippen LogP contribution in [0.5, 0.6) is 0 Å². The Bertz CT molecular complexity index is 3770. The quantitative estimate of drug-likeness (QED) is 0.177. The predicted molar refractivity (Wildman–Crippen MR) is 232 cm³/mol. The van der Waals surface area contributed by atoms with Gasteiger partial charge < -0.3 is 8.98 Å². The van der Waals surface area contributed by atoms with Gasteiger partial charge in [-0.25, -0.2) is 4.98 Å². The summed E-state index contributed by atoms with van der Waals surface area (Å²) in [6.07, 6.45) is 0. The van der Waals surface area contributed by atoms with E-state index in [4.69, 9.17) is 24.9 Å². The maximum absolute atomic E-state index is 9.36. The first-order valence-corrected chi connectivity index (χ1v) is 18.6. The monoisotopic (exact) mass is 735 g/mol. The average molecular weight is 736 g/mol. The van der Waals surface area contributed by atoms with Gasteiger partial charge in [-0.15, -0.1) is 0 Å². The molecule has 0 N–H and O–H groups in total. The predicted octanol–water partition coefficient (Wildman–Crippen LogP) is 13.0. The van der Waals surface area contributed by atoms with Gasteiger partial charge >= 0.3 is 0 Å². The van der Waals surface area contributed by atoms with Crippen molar-refractivity contribution in [3.8, 4) is 45.5 Å². The van der Waals surface area contributed by atoms with Gasteiger partial charge in [0, 0.05) is 49.0 Å². The number of aromatic nitrogens is 5. The number of nitrogens with zero attached hydrogens (tertiary/aromatic N) is 5. The van der Waals surface area contributed by atoms with Crippen molar-refractivity contribution in [2.24, 2.45) is 0 Å². The molecule has 12 aromatic rings. The normalized spacial score (nSPS) is 13.3. The Balaban J connectivity index is 1.23. The third-order valence-corrected chi connectivity index (χ3v) is 10.8. The summed E-state index contributed by atoms with van der Waals surface area (Å²) < 4.78 is 64.6. The molecule has 0 atom stereocenters. The maximum atomic E-state index is 9.36. The highest BCUT2D eigenvalue weighted by Gasteiger charge is 2.23. The smallest absolute Gasteiger partial charge is 0.238 e. The van der Waals surface area contributed by atoms with E-state index in [2.05, 4.69) is 12.1 Å². The highest BCUT2D eigenvalue weighted by molar-refractivity contribution is 6.12. The molecule has 57 heavy (non-hydrogen) atoms. The molecular formula is C51H31N5O. The zero-order chi connectivity index (χ0) is 42.7. The molecular weight excluding hydrogens is 699 g/mol. The van der Waals surface area contributed by atoms with Crippen LogP contribution in [0.3, 0.4) is 0 Å². The van der Waals surface area contributed by atoms with E-state index >= 15 is 0 Å². The van der Waals surface area contributed by atoms with E-state index in [1.165, 1.54) is 12.1 Å². The van der Waals surface area contributed by atoms with Gasteiger partial charge in [0.1, 0.15) is 11.2 Å². The average Bonchev–Trinajstić information content (AvgIpc) is 3.99. The molecule has 0 saturated heterocycles. The molecule has 0 spiro atoms. The molecule has 4 heterocycles. The van der Waals surface area contributed by atoms with Gasteiger partial charge in [-0.1, -0.05) is 145 Å². The SMILES string of the molecule is [2H]c1cc([2H])c2c(c1[2H])c1c([2H])c([2H])cc([2H])c1n2-c1cc(-c2cccc3c2oc2ccccc23)ccc1-c1nc(-c2ccccc2)nc(-n2c3ccccc3c3ccccc32)n1. The van der Waals surface area contributed by atoms with Crippen LogP contribution in [0.1, 0.15) is 8.22 Å². The Morgan fingerprint density at radius 2 is 1.05 bits per heavy atom. The van der Waals surface area contributed by atoms with Gasteiger partial charge in [0.15, 0.2) is 11.6 Å². The Labute approximate surface area is 335 Å². The molecule has 6 heteroatoms. The second kappa shape index (κ2) is 12.3. The van der Waals surface area contributed by atoms with Crippen LogP contribution in [0, 0.1) is 0 Å². The molecule has 0 aliphatic rings. The fraction of sp³-hybridized carbons (Fsp3) is 0. The third-order valence-electron chi connectivity index (χ3n) is 10.8. The number of furan rings is 1. The molecule has 0 fully saturated rings. The first-order valence-electron chi connectivity index (χ1n) is 21.6. The Morgan fingerprint density at radius 3 is 1.79 bits per heavy atom. The Morgan fingerprint density at radius 1 is 0.421 bits per heavy atom. The van der Waals surface area contributed by atoms with Crippen LogP contribution in [-0.2, 0) is 0 Å². The summed E-state index contributed by atoms with van der Waals surface area (Å²) in [5, 5.41) is 4.30. The minimum atomic E-state index is -0.201. The van der Waals surface area contributed by atoms with Crippen molar-refractivity contribution in [3.63, 3.8) is 0 Å². The summed E-state index contributed by atoms with van der Waals surface area (Å²) >= 11 is 0. The molecule has 0 saturated carbocycles. The van der Waals surface area contributed by atoms with Gasteiger partial charge in [0.25, 0.3) is 0 Å². The first-order chi connectivity index (χ1) is 30.7. The number of fused-ring (bicyclic) bond motifs is 9. The highest BCUT2D eigenvalue weighted by Crippen LogP contribution is 2.41. The lowest BCUT2D eigenvalue weighted by Gasteiger charge is -2.17. The number of hydrogen-bond donors (Lipinski definition) is 0. The Kier molecular flexibility index (Phi) is 5.64. The second-order valence-electron chi connectivity index (χ2n) is 13.9.